The maximum absolute atomic E-state index is 12.1. The largest absolute Gasteiger partial charge is 0.393 e. The highest BCUT2D eigenvalue weighted by molar-refractivity contribution is 7.99. The zero-order valence-corrected chi connectivity index (χ0v) is 14.4. The number of nitrogens with one attached hydrogen (secondary N) is 1. The fourth-order valence-electron chi connectivity index (χ4n) is 2.56. The third-order valence-electron chi connectivity index (χ3n) is 3.89. The standard InChI is InChI=1S/C16H23ClN2O2S/c1-12(20)13-3-2-9-19(11-13)16(21)18-8-10-22-15-6-4-14(17)5-7-15/h4-7,12-13,20H,2-3,8-11H2,1H3,(H,18,21). The first-order valence-electron chi connectivity index (χ1n) is 7.65. The smallest absolute Gasteiger partial charge is 0.317 e. The molecule has 22 heavy (non-hydrogen) atoms. The summed E-state index contributed by atoms with van der Waals surface area (Å²) in [6.45, 7) is 3.85. The van der Waals surface area contributed by atoms with E-state index in [0.29, 0.717) is 13.1 Å². The van der Waals surface area contributed by atoms with Crippen molar-refractivity contribution in [3.05, 3.63) is 29.3 Å². The number of hydrogen-bond acceptors (Lipinski definition) is 3. The number of carbonyl (C=O) groups is 1. The number of aliphatic hydroxyl groups excluding tert-OH is 1. The summed E-state index contributed by atoms with van der Waals surface area (Å²) in [5.41, 5.74) is 0. The van der Waals surface area contributed by atoms with E-state index in [1.54, 1.807) is 18.7 Å². The third-order valence-corrected chi connectivity index (χ3v) is 5.15. The van der Waals surface area contributed by atoms with Crippen LogP contribution < -0.4 is 5.32 Å². The number of benzene rings is 1. The molecule has 1 aromatic carbocycles. The molecule has 0 bridgehead atoms. The Bertz CT molecular complexity index is 482. The summed E-state index contributed by atoms with van der Waals surface area (Å²) in [6.07, 6.45) is 1.60. The number of amides is 2. The first-order valence-corrected chi connectivity index (χ1v) is 9.02. The molecule has 0 aromatic heterocycles. The van der Waals surface area contributed by atoms with E-state index in [1.165, 1.54) is 0 Å². The van der Waals surface area contributed by atoms with Crippen LogP contribution in [-0.2, 0) is 0 Å². The molecule has 0 spiro atoms. The Labute approximate surface area is 141 Å². The Morgan fingerprint density at radius 2 is 2.23 bits per heavy atom. The number of carbonyl (C=O) groups excluding carboxylic acids is 1. The number of aliphatic hydroxyl groups is 1. The Morgan fingerprint density at radius 1 is 1.50 bits per heavy atom. The van der Waals surface area contributed by atoms with Gasteiger partial charge in [0.05, 0.1) is 6.10 Å². The van der Waals surface area contributed by atoms with Crippen molar-refractivity contribution in [1.29, 1.82) is 0 Å². The topological polar surface area (TPSA) is 52.6 Å². The quantitative estimate of drug-likeness (QED) is 0.638. The molecular weight excluding hydrogens is 320 g/mol. The van der Waals surface area contributed by atoms with Crippen LogP contribution >= 0.6 is 23.4 Å². The van der Waals surface area contributed by atoms with Crippen LogP contribution in [0, 0.1) is 5.92 Å². The molecule has 1 fully saturated rings. The SMILES string of the molecule is CC(O)C1CCCN(C(=O)NCCSc2ccc(Cl)cc2)C1. The highest BCUT2D eigenvalue weighted by Gasteiger charge is 2.26. The van der Waals surface area contributed by atoms with E-state index in [0.717, 1.165) is 35.1 Å². The van der Waals surface area contributed by atoms with Crippen molar-refractivity contribution in [2.24, 2.45) is 5.92 Å². The summed E-state index contributed by atoms with van der Waals surface area (Å²) >= 11 is 7.54. The minimum absolute atomic E-state index is 0.0259. The Morgan fingerprint density at radius 3 is 2.91 bits per heavy atom. The van der Waals surface area contributed by atoms with E-state index in [9.17, 15) is 9.90 Å². The average Bonchev–Trinajstić information content (AvgIpc) is 2.53. The van der Waals surface area contributed by atoms with Crippen LogP contribution in [0.2, 0.25) is 5.02 Å². The van der Waals surface area contributed by atoms with Crippen LogP contribution in [0.4, 0.5) is 4.79 Å². The number of nitrogens with zero attached hydrogens (tertiary/aromatic N) is 1. The number of piperidine rings is 1. The first-order chi connectivity index (χ1) is 10.6. The lowest BCUT2D eigenvalue weighted by Crippen LogP contribution is -2.47. The Balaban J connectivity index is 1.68. The molecule has 2 amide bonds. The minimum Gasteiger partial charge on any atom is -0.393 e. The molecule has 1 aliphatic rings. The fraction of sp³-hybridized carbons (Fsp3) is 0.562. The maximum Gasteiger partial charge on any atom is 0.317 e. The molecule has 6 heteroatoms. The molecular formula is C16H23ClN2O2S. The van der Waals surface area contributed by atoms with Gasteiger partial charge in [-0.3, -0.25) is 0 Å². The molecule has 1 saturated heterocycles. The highest BCUT2D eigenvalue weighted by Crippen LogP contribution is 2.21. The Hall–Kier alpha value is -0.910. The third kappa shape index (κ3) is 5.38. The van der Waals surface area contributed by atoms with E-state index >= 15 is 0 Å². The van der Waals surface area contributed by atoms with Crippen molar-refractivity contribution in [3.63, 3.8) is 0 Å². The normalized spacial score (nSPS) is 19.8. The molecule has 0 saturated carbocycles. The van der Waals surface area contributed by atoms with Gasteiger partial charge in [-0.15, -0.1) is 11.8 Å². The summed E-state index contributed by atoms with van der Waals surface area (Å²) in [7, 11) is 0. The Kier molecular flexibility index (Phi) is 6.86. The van der Waals surface area contributed by atoms with Gasteiger partial charge in [-0.1, -0.05) is 11.6 Å². The van der Waals surface area contributed by atoms with Gasteiger partial charge >= 0.3 is 6.03 Å². The second kappa shape index (κ2) is 8.65. The minimum atomic E-state index is -0.351. The van der Waals surface area contributed by atoms with Crippen LogP contribution in [0.15, 0.2) is 29.2 Å². The molecule has 2 unspecified atom stereocenters. The molecule has 0 radical (unpaired) electrons. The predicted octanol–water partition coefficient (Wildman–Crippen LogP) is 3.23. The molecule has 2 rings (SSSR count). The van der Waals surface area contributed by atoms with Crippen LogP contribution in [-0.4, -0.2) is 47.5 Å². The van der Waals surface area contributed by atoms with Gasteiger partial charge in [0.25, 0.3) is 0 Å². The molecule has 122 valence electrons. The second-order valence-electron chi connectivity index (χ2n) is 5.62. The lowest BCUT2D eigenvalue weighted by atomic mass is 9.94. The molecule has 2 atom stereocenters. The van der Waals surface area contributed by atoms with E-state index < -0.39 is 0 Å². The highest BCUT2D eigenvalue weighted by atomic mass is 35.5. The lowest BCUT2D eigenvalue weighted by Gasteiger charge is -2.34. The first kappa shape index (κ1) is 17.4. The molecule has 1 aliphatic heterocycles. The number of rotatable bonds is 5. The molecule has 2 N–H and O–H groups in total. The number of urea groups is 1. The van der Waals surface area contributed by atoms with E-state index in [-0.39, 0.29) is 18.1 Å². The second-order valence-corrected chi connectivity index (χ2v) is 7.23. The van der Waals surface area contributed by atoms with Crippen LogP contribution in [0.25, 0.3) is 0 Å². The summed E-state index contributed by atoms with van der Waals surface area (Å²) in [4.78, 5) is 15.1. The van der Waals surface area contributed by atoms with Gasteiger partial charge in [0.1, 0.15) is 0 Å². The number of thioether (sulfide) groups is 1. The number of halogens is 1. The molecule has 0 aliphatic carbocycles. The average molecular weight is 343 g/mol. The maximum atomic E-state index is 12.1. The van der Waals surface area contributed by atoms with Gasteiger partial charge in [-0.2, -0.15) is 0 Å². The van der Waals surface area contributed by atoms with Crippen molar-refractivity contribution in [1.82, 2.24) is 10.2 Å². The number of hydrogen-bond donors (Lipinski definition) is 2. The van der Waals surface area contributed by atoms with Crippen molar-refractivity contribution in [2.45, 2.75) is 30.8 Å². The van der Waals surface area contributed by atoms with Crippen molar-refractivity contribution in [3.8, 4) is 0 Å². The molecule has 1 heterocycles. The monoisotopic (exact) mass is 342 g/mol. The van der Waals surface area contributed by atoms with Gasteiger partial charge in [-0.25, -0.2) is 4.79 Å². The van der Waals surface area contributed by atoms with E-state index in [1.807, 2.05) is 29.2 Å². The van der Waals surface area contributed by atoms with E-state index in [2.05, 4.69) is 5.32 Å². The molecule has 1 aromatic rings. The van der Waals surface area contributed by atoms with Gasteiger partial charge in [0.2, 0.25) is 0 Å². The van der Waals surface area contributed by atoms with Crippen molar-refractivity contribution < 1.29 is 9.90 Å². The zero-order chi connectivity index (χ0) is 15.9. The van der Waals surface area contributed by atoms with E-state index in [4.69, 9.17) is 11.6 Å². The van der Waals surface area contributed by atoms with Crippen LogP contribution in [0.1, 0.15) is 19.8 Å². The van der Waals surface area contributed by atoms with Gasteiger partial charge < -0.3 is 15.3 Å². The van der Waals surface area contributed by atoms with Crippen LogP contribution in [0.3, 0.4) is 0 Å². The zero-order valence-electron chi connectivity index (χ0n) is 12.8. The summed E-state index contributed by atoms with van der Waals surface area (Å²) in [5.74, 6) is 1.02. The van der Waals surface area contributed by atoms with Gasteiger partial charge in [0, 0.05) is 41.2 Å². The predicted molar refractivity (Wildman–Crippen MR) is 91.6 cm³/mol. The van der Waals surface area contributed by atoms with Gasteiger partial charge in [-0.05, 0) is 44.0 Å². The van der Waals surface area contributed by atoms with Crippen molar-refractivity contribution in [2.75, 3.05) is 25.4 Å². The fourth-order valence-corrected chi connectivity index (χ4v) is 3.45. The summed E-state index contributed by atoms with van der Waals surface area (Å²) in [6, 6.07) is 7.67. The van der Waals surface area contributed by atoms with Crippen LogP contribution in [0.5, 0.6) is 0 Å². The van der Waals surface area contributed by atoms with Crippen molar-refractivity contribution >= 4 is 29.4 Å². The lowest BCUT2D eigenvalue weighted by molar-refractivity contribution is 0.0741. The summed E-state index contributed by atoms with van der Waals surface area (Å²) < 4.78 is 0. The van der Waals surface area contributed by atoms with Gasteiger partial charge in [0.15, 0.2) is 0 Å². The molecule has 4 nitrogen and oxygen atoms in total. The summed E-state index contributed by atoms with van der Waals surface area (Å²) in [5, 5.41) is 13.3. The number of likely N-dealkylation sites (tertiary alicyclic amines) is 1.